The number of nitrogens with one attached hydrogen (secondary N) is 1. The molecule has 1 rings (SSSR count). The van der Waals surface area contributed by atoms with Gasteiger partial charge in [0.25, 0.3) is 0 Å². The summed E-state index contributed by atoms with van der Waals surface area (Å²) < 4.78 is 9.86. The van der Waals surface area contributed by atoms with E-state index in [1.165, 1.54) is 5.51 Å². The summed E-state index contributed by atoms with van der Waals surface area (Å²) >= 11 is 1.02. The number of rotatable bonds is 6. The van der Waals surface area contributed by atoms with Crippen molar-refractivity contribution in [1.82, 2.24) is 10.3 Å². The molecule has 0 fully saturated rings. The molecular weight excluding hydrogens is 324 g/mol. The fraction of sp³-hybridized carbons (Fsp3) is 0.643. The zero-order valence-corrected chi connectivity index (χ0v) is 14.3. The van der Waals surface area contributed by atoms with Crippen molar-refractivity contribution < 1.29 is 29.3 Å². The van der Waals surface area contributed by atoms with Crippen LogP contribution in [0.1, 0.15) is 49.2 Å². The number of alkyl carbamates (subject to hydrolysis) is 1. The van der Waals surface area contributed by atoms with Crippen LogP contribution in [0.3, 0.4) is 0 Å². The van der Waals surface area contributed by atoms with Crippen LogP contribution in [0.5, 0.6) is 0 Å². The van der Waals surface area contributed by atoms with Crippen LogP contribution < -0.4 is 5.32 Å². The molecule has 23 heavy (non-hydrogen) atoms. The second kappa shape index (κ2) is 8.23. The normalized spacial score (nSPS) is 14.0. The molecule has 0 aliphatic rings. The smallest absolute Gasteiger partial charge is 0.407 e. The van der Waals surface area contributed by atoms with Crippen molar-refractivity contribution in [3.05, 3.63) is 16.1 Å². The number of amides is 1. The number of aromatic nitrogens is 1. The van der Waals surface area contributed by atoms with Crippen molar-refractivity contribution in [3.8, 4) is 0 Å². The lowest BCUT2D eigenvalue weighted by molar-refractivity contribution is 0.0133. The van der Waals surface area contributed by atoms with Gasteiger partial charge in [-0.2, -0.15) is 0 Å². The van der Waals surface area contributed by atoms with Crippen molar-refractivity contribution in [1.29, 1.82) is 0 Å². The van der Waals surface area contributed by atoms with Crippen LogP contribution in [-0.2, 0) is 9.47 Å². The maximum atomic E-state index is 11.7. The average molecular weight is 346 g/mol. The fourth-order valence-corrected chi connectivity index (χ4v) is 2.42. The maximum absolute atomic E-state index is 11.7. The van der Waals surface area contributed by atoms with E-state index in [0.29, 0.717) is 0 Å². The van der Waals surface area contributed by atoms with E-state index in [2.05, 4.69) is 10.3 Å². The third-order valence-electron chi connectivity index (χ3n) is 2.55. The van der Waals surface area contributed by atoms with Gasteiger partial charge in [-0.05, 0) is 27.7 Å². The van der Waals surface area contributed by atoms with E-state index in [9.17, 15) is 19.8 Å². The molecule has 9 heteroatoms. The molecule has 1 amide bonds. The topological polar surface area (TPSA) is 118 Å². The Morgan fingerprint density at radius 1 is 1.39 bits per heavy atom. The Hall–Kier alpha value is -1.71. The van der Waals surface area contributed by atoms with Crippen molar-refractivity contribution in [3.63, 3.8) is 0 Å². The highest BCUT2D eigenvalue weighted by atomic mass is 32.1. The molecule has 0 radical (unpaired) electrons. The molecule has 0 bridgehead atoms. The average Bonchev–Trinajstić information content (AvgIpc) is 2.91. The first-order valence-electron chi connectivity index (χ1n) is 7.09. The van der Waals surface area contributed by atoms with Gasteiger partial charge < -0.3 is 25.0 Å². The number of nitrogens with zero attached hydrogens (tertiary/aromatic N) is 1. The van der Waals surface area contributed by atoms with Crippen LogP contribution in [0.4, 0.5) is 4.79 Å². The summed E-state index contributed by atoms with van der Waals surface area (Å²) in [4.78, 5) is 27.3. The standard InChI is InChI=1S/C14H22N2O6S/c1-5-21-12(19)9-11(23-7-16-9)10(18)8(17)6-15-13(20)22-14(2,3)4/h7-8,10,17-18H,5-6H2,1-4H3,(H,15,20). The molecule has 8 nitrogen and oxygen atoms in total. The molecule has 0 saturated carbocycles. The van der Waals surface area contributed by atoms with Gasteiger partial charge in [0.05, 0.1) is 17.0 Å². The summed E-state index contributed by atoms with van der Waals surface area (Å²) in [6.07, 6.45) is -3.41. The third kappa shape index (κ3) is 6.12. The predicted octanol–water partition coefficient (Wildman–Crippen LogP) is 1.24. The molecule has 0 aliphatic heterocycles. The predicted molar refractivity (Wildman–Crippen MR) is 83.3 cm³/mol. The van der Waals surface area contributed by atoms with Crippen LogP contribution in [0.25, 0.3) is 0 Å². The van der Waals surface area contributed by atoms with Crippen LogP contribution in [0.2, 0.25) is 0 Å². The third-order valence-corrected chi connectivity index (χ3v) is 3.45. The number of hydrogen-bond acceptors (Lipinski definition) is 8. The quantitative estimate of drug-likeness (QED) is 0.663. The minimum atomic E-state index is -1.38. The molecule has 1 aromatic rings. The summed E-state index contributed by atoms with van der Waals surface area (Å²) in [5, 5.41) is 22.5. The van der Waals surface area contributed by atoms with Gasteiger partial charge in [0.1, 0.15) is 17.8 Å². The summed E-state index contributed by atoms with van der Waals surface area (Å²) in [5.74, 6) is -0.671. The zero-order valence-electron chi connectivity index (χ0n) is 13.5. The Balaban J connectivity index is 2.64. The summed E-state index contributed by atoms with van der Waals surface area (Å²) in [7, 11) is 0. The number of hydrogen-bond donors (Lipinski definition) is 3. The molecule has 130 valence electrons. The Kier molecular flexibility index (Phi) is 6.92. The first-order chi connectivity index (χ1) is 10.7. The van der Waals surface area contributed by atoms with E-state index < -0.39 is 29.9 Å². The molecule has 0 spiro atoms. The number of esters is 1. The van der Waals surface area contributed by atoms with E-state index in [-0.39, 0.29) is 23.7 Å². The number of carbonyl (C=O) groups excluding carboxylic acids is 2. The van der Waals surface area contributed by atoms with Gasteiger partial charge in [0, 0.05) is 6.54 Å². The molecule has 0 aromatic carbocycles. The molecule has 1 aromatic heterocycles. The molecular formula is C14H22N2O6S. The number of carbonyl (C=O) groups is 2. The van der Waals surface area contributed by atoms with E-state index >= 15 is 0 Å². The number of aliphatic hydroxyl groups is 2. The van der Waals surface area contributed by atoms with Gasteiger partial charge in [0.2, 0.25) is 0 Å². The Morgan fingerprint density at radius 3 is 2.61 bits per heavy atom. The van der Waals surface area contributed by atoms with Gasteiger partial charge >= 0.3 is 12.1 Å². The van der Waals surface area contributed by atoms with Gasteiger partial charge in [0.15, 0.2) is 5.69 Å². The van der Waals surface area contributed by atoms with Crippen molar-refractivity contribution in [2.45, 2.75) is 45.5 Å². The van der Waals surface area contributed by atoms with Crippen molar-refractivity contribution in [2.24, 2.45) is 0 Å². The maximum Gasteiger partial charge on any atom is 0.407 e. The van der Waals surface area contributed by atoms with Crippen molar-refractivity contribution in [2.75, 3.05) is 13.2 Å². The van der Waals surface area contributed by atoms with Crippen LogP contribution in [0, 0.1) is 0 Å². The highest BCUT2D eigenvalue weighted by Gasteiger charge is 2.28. The summed E-state index contributed by atoms with van der Waals surface area (Å²) in [5.41, 5.74) is 0.669. The van der Waals surface area contributed by atoms with Gasteiger partial charge in [-0.3, -0.25) is 0 Å². The van der Waals surface area contributed by atoms with Crippen LogP contribution in [-0.4, -0.2) is 52.1 Å². The van der Waals surface area contributed by atoms with Gasteiger partial charge in [-0.1, -0.05) is 0 Å². The minimum absolute atomic E-state index is 0.0410. The lowest BCUT2D eigenvalue weighted by atomic mass is 10.1. The SMILES string of the molecule is CCOC(=O)c1ncsc1C(O)C(O)CNC(=O)OC(C)(C)C. The van der Waals surface area contributed by atoms with Gasteiger partial charge in [-0.15, -0.1) is 11.3 Å². The molecule has 2 atom stereocenters. The highest BCUT2D eigenvalue weighted by Crippen LogP contribution is 2.25. The zero-order chi connectivity index (χ0) is 17.6. The number of ether oxygens (including phenoxy) is 2. The second-order valence-electron chi connectivity index (χ2n) is 5.68. The van der Waals surface area contributed by atoms with E-state index in [4.69, 9.17) is 9.47 Å². The number of thiazole rings is 1. The fourth-order valence-electron chi connectivity index (χ4n) is 1.61. The molecule has 0 saturated heterocycles. The Bertz CT molecular complexity index is 540. The molecule has 1 heterocycles. The lowest BCUT2D eigenvalue weighted by Gasteiger charge is -2.22. The summed E-state index contributed by atoms with van der Waals surface area (Å²) in [6, 6.07) is 0. The van der Waals surface area contributed by atoms with E-state index in [1.54, 1.807) is 27.7 Å². The first-order valence-corrected chi connectivity index (χ1v) is 7.97. The molecule has 0 aliphatic carbocycles. The van der Waals surface area contributed by atoms with Crippen LogP contribution in [0.15, 0.2) is 5.51 Å². The highest BCUT2D eigenvalue weighted by molar-refractivity contribution is 7.10. The Morgan fingerprint density at radius 2 is 2.04 bits per heavy atom. The first kappa shape index (κ1) is 19.3. The largest absolute Gasteiger partial charge is 0.461 e. The monoisotopic (exact) mass is 346 g/mol. The van der Waals surface area contributed by atoms with E-state index in [1.807, 2.05) is 0 Å². The second-order valence-corrected chi connectivity index (χ2v) is 6.57. The lowest BCUT2D eigenvalue weighted by Crippen LogP contribution is -2.39. The molecule has 2 unspecified atom stereocenters. The van der Waals surface area contributed by atoms with Crippen LogP contribution >= 0.6 is 11.3 Å². The number of aliphatic hydroxyl groups excluding tert-OH is 2. The molecule has 3 N–H and O–H groups in total. The Labute approximate surface area is 138 Å². The van der Waals surface area contributed by atoms with Gasteiger partial charge in [-0.25, -0.2) is 14.6 Å². The minimum Gasteiger partial charge on any atom is -0.461 e. The van der Waals surface area contributed by atoms with Crippen molar-refractivity contribution >= 4 is 23.4 Å². The van der Waals surface area contributed by atoms with E-state index in [0.717, 1.165) is 11.3 Å². The summed E-state index contributed by atoms with van der Waals surface area (Å²) in [6.45, 7) is 6.72.